The average molecular weight is 500 g/mol. The van der Waals surface area contributed by atoms with Gasteiger partial charge in [0.05, 0.1) is 22.6 Å². The number of hydrogen-bond acceptors (Lipinski definition) is 6. The number of aryl methyl sites for hydroxylation is 1. The Kier molecular flexibility index (Phi) is 6.90. The molecule has 4 rings (SSSR count). The molecule has 0 bridgehead atoms. The van der Waals surface area contributed by atoms with Crippen molar-refractivity contribution in [1.29, 1.82) is 0 Å². The smallest absolute Gasteiger partial charge is 0.264 e. The van der Waals surface area contributed by atoms with E-state index in [1.54, 1.807) is 54.3 Å². The van der Waals surface area contributed by atoms with Crippen LogP contribution in [0.15, 0.2) is 64.9 Å². The fourth-order valence-electron chi connectivity index (χ4n) is 3.88. The Hall–Kier alpha value is -3.37. The van der Waals surface area contributed by atoms with E-state index in [9.17, 15) is 18.0 Å². The molecule has 2 N–H and O–H groups in total. The van der Waals surface area contributed by atoms with E-state index < -0.39 is 16.1 Å². The molecule has 0 spiro atoms. The predicted molar refractivity (Wildman–Crippen MR) is 132 cm³/mol. The van der Waals surface area contributed by atoms with E-state index in [0.29, 0.717) is 40.5 Å². The monoisotopic (exact) mass is 499 g/mol. The number of rotatable bonds is 7. The molecular formula is C24H25N3O5S2. The summed E-state index contributed by atoms with van der Waals surface area (Å²) in [7, 11) is -2.48. The Labute approximate surface area is 202 Å². The van der Waals surface area contributed by atoms with Crippen molar-refractivity contribution in [3.05, 3.63) is 70.4 Å². The number of hydrogen-bond donors (Lipinski definition) is 2. The van der Waals surface area contributed by atoms with Gasteiger partial charge in [0.25, 0.3) is 15.9 Å². The average Bonchev–Trinajstić information content (AvgIpc) is 3.52. The van der Waals surface area contributed by atoms with E-state index in [1.807, 2.05) is 5.38 Å². The minimum absolute atomic E-state index is 0.00255. The number of benzene rings is 2. The highest BCUT2D eigenvalue weighted by Gasteiger charge is 2.35. The molecule has 3 aromatic rings. The second-order valence-corrected chi connectivity index (χ2v) is 10.5. The van der Waals surface area contributed by atoms with Crippen LogP contribution in [0.1, 0.15) is 28.1 Å². The van der Waals surface area contributed by atoms with Crippen LogP contribution in [0.2, 0.25) is 0 Å². The van der Waals surface area contributed by atoms with Gasteiger partial charge in [0.2, 0.25) is 5.91 Å². The summed E-state index contributed by atoms with van der Waals surface area (Å²) in [5.74, 6) is -0.108. The summed E-state index contributed by atoms with van der Waals surface area (Å²) in [6.07, 6.45) is 1.28. The molecule has 1 aliphatic heterocycles. The summed E-state index contributed by atoms with van der Waals surface area (Å²) in [4.78, 5) is 28.1. The number of thiophene rings is 1. The molecule has 178 valence electrons. The molecule has 2 heterocycles. The molecule has 0 aliphatic carbocycles. The number of amides is 2. The summed E-state index contributed by atoms with van der Waals surface area (Å²) < 4.78 is 33.8. The van der Waals surface area contributed by atoms with Crippen LogP contribution >= 0.6 is 11.3 Å². The standard InChI is InChI=1S/C24H25N3O5S2/c1-16-11-12-17(34(30,31)26-18-7-3-4-9-21(18)32-2)15-19(16)25-23(28)20-8-5-13-27(20)24(29)22-10-6-14-33-22/h3-4,6-7,9-12,14-15,20,26H,5,8,13H2,1-2H3,(H,25,28)/t20-/m0/s1. The Morgan fingerprint density at radius 1 is 1.09 bits per heavy atom. The van der Waals surface area contributed by atoms with Crippen LogP contribution in [-0.4, -0.2) is 44.8 Å². The lowest BCUT2D eigenvalue weighted by molar-refractivity contribution is -0.119. The van der Waals surface area contributed by atoms with Gasteiger partial charge in [0, 0.05) is 12.2 Å². The van der Waals surface area contributed by atoms with Crippen molar-refractivity contribution in [2.75, 3.05) is 23.7 Å². The maximum Gasteiger partial charge on any atom is 0.264 e. The molecule has 2 amide bonds. The number of likely N-dealkylation sites (tertiary alicyclic amines) is 1. The van der Waals surface area contributed by atoms with E-state index >= 15 is 0 Å². The molecule has 1 atom stereocenters. The first-order valence-electron chi connectivity index (χ1n) is 10.7. The number of anilines is 2. The first-order valence-corrected chi connectivity index (χ1v) is 13.1. The second-order valence-electron chi connectivity index (χ2n) is 7.91. The zero-order valence-electron chi connectivity index (χ0n) is 18.8. The Morgan fingerprint density at radius 2 is 1.88 bits per heavy atom. The van der Waals surface area contributed by atoms with Crippen LogP contribution in [0.4, 0.5) is 11.4 Å². The molecule has 8 nitrogen and oxygen atoms in total. The number of nitrogens with zero attached hydrogens (tertiary/aromatic N) is 1. The molecule has 0 saturated carbocycles. The maximum absolute atomic E-state index is 13.1. The lowest BCUT2D eigenvalue weighted by Crippen LogP contribution is -2.43. The third kappa shape index (κ3) is 4.92. The Bertz CT molecular complexity index is 1310. The molecule has 1 fully saturated rings. The van der Waals surface area contributed by atoms with E-state index in [2.05, 4.69) is 10.0 Å². The normalized spacial score (nSPS) is 15.7. The van der Waals surface area contributed by atoms with Gasteiger partial charge in [-0.05, 0) is 61.0 Å². The minimum Gasteiger partial charge on any atom is -0.495 e. The van der Waals surface area contributed by atoms with E-state index in [1.165, 1.54) is 30.6 Å². The SMILES string of the molecule is COc1ccccc1NS(=O)(=O)c1ccc(C)c(NC(=O)[C@@H]2CCCN2C(=O)c2cccs2)c1. The van der Waals surface area contributed by atoms with Gasteiger partial charge >= 0.3 is 0 Å². The second kappa shape index (κ2) is 9.86. The highest BCUT2D eigenvalue weighted by atomic mass is 32.2. The fourth-order valence-corrected chi connectivity index (χ4v) is 5.65. The first kappa shape index (κ1) is 23.8. The van der Waals surface area contributed by atoms with Crippen LogP contribution < -0.4 is 14.8 Å². The topological polar surface area (TPSA) is 105 Å². The molecule has 2 aromatic carbocycles. The third-order valence-electron chi connectivity index (χ3n) is 5.68. The summed E-state index contributed by atoms with van der Waals surface area (Å²) in [5, 5.41) is 4.66. The Balaban J connectivity index is 1.54. The fraction of sp³-hybridized carbons (Fsp3) is 0.250. The molecular weight excluding hydrogens is 474 g/mol. The lowest BCUT2D eigenvalue weighted by atomic mass is 10.1. The van der Waals surface area contributed by atoms with Crippen molar-refractivity contribution in [2.24, 2.45) is 0 Å². The maximum atomic E-state index is 13.1. The Morgan fingerprint density at radius 3 is 2.62 bits per heavy atom. The van der Waals surface area contributed by atoms with Crippen LogP contribution in [0.25, 0.3) is 0 Å². The highest BCUT2D eigenvalue weighted by Crippen LogP contribution is 2.29. The number of carbonyl (C=O) groups excluding carboxylic acids is 2. The predicted octanol–water partition coefficient (Wildman–Crippen LogP) is 4.11. The van der Waals surface area contributed by atoms with Crippen molar-refractivity contribution in [3.8, 4) is 5.75 Å². The molecule has 1 aromatic heterocycles. The van der Waals surface area contributed by atoms with Gasteiger partial charge in [-0.25, -0.2) is 8.42 Å². The molecule has 34 heavy (non-hydrogen) atoms. The first-order chi connectivity index (χ1) is 16.3. The van der Waals surface area contributed by atoms with Gasteiger partial charge in [0.15, 0.2) is 0 Å². The van der Waals surface area contributed by atoms with E-state index in [0.717, 1.165) is 6.42 Å². The zero-order chi connectivity index (χ0) is 24.3. The van der Waals surface area contributed by atoms with Crippen molar-refractivity contribution < 1.29 is 22.7 Å². The van der Waals surface area contributed by atoms with Crippen molar-refractivity contribution >= 4 is 44.5 Å². The molecule has 1 aliphatic rings. The molecule has 1 saturated heterocycles. The summed E-state index contributed by atoms with van der Waals surface area (Å²) >= 11 is 1.34. The minimum atomic E-state index is -3.94. The largest absolute Gasteiger partial charge is 0.495 e. The molecule has 10 heteroatoms. The molecule has 0 unspecified atom stereocenters. The van der Waals surface area contributed by atoms with Crippen molar-refractivity contribution in [1.82, 2.24) is 4.90 Å². The van der Waals surface area contributed by atoms with Gasteiger partial charge < -0.3 is 15.0 Å². The summed E-state index contributed by atoms with van der Waals surface area (Å²) in [5.41, 5.74) is 1.40. The number of para-hydroxylation sites is 2. The van der Waals surface area contributed by atoms with Gasteiger partial charge in [-0.15, -0.1) is 11.3 Å². The van der Waals surface area contributed by atoms with Crippen LogP contribution in [0, 0.1) is 6.92 Å². The summed E-state index contributed by atoms with van der Waals surface area (Å²) in [6.45, 7) is 2.29. The summed E-state index contributed by atoms with van der Waals surface area (Å²) in [6, 6.07) is 14.2. The van der Waals surface area contributed by atoms with E-state index in [4.69, 9.17) is 4.74 Å². The number of methoxy groups -OCH3 is 1. The van der Waals surface area contributed by atoms with Crippen LogP contribution in [0.5, 0.6) is 5.75 Å². The van der Waals surface area contributed by atoms with Gasteiger partial charge in [0.1, 0.15) is 11.8 Å². The van der Waals surface area contributed by atoms with Crippen molar-refractivity contribution in [2.45, 2.75) is 30.7 Å². The third-order valence-corrected chi connectivity index (χ3v) is 7.90. The quantitative estimate of drug-likeness (QED) is 0.509. The van der Waals surface area contributed by atoms with Crippen LogP contribution in [-0.2, 0) is 14.8 Å². The number of carbonyl (C=O) groups is 2. The molecule has 0 radical (unpaired) electrons. The highest BCUT2D eigenvalue weighted by molar-refractivity contribution is 7.92. The lowest BCUT2D eigenvalue weighted by Gasteiger charge is -2.24. The number of ether oxygens (including phenoxy) is 1. The van der Waals surface area contributed by atoms with Gasteiger partial charge in [-0.2, -0.15) is 0 Å². The van der Waals surface area contributed by atoms with Gasteiger partial charge in [-0.3, -0.25) is 14.3 Å². The zero-order valence-corrected chi connectivity index (χ0v) is 20.4. The van der Waals surface area contributed by atoms with E-state index in [-0.39, 0.29) is 16.7 Å². The van der Waals surface area contributed by atoms with Crippen molar-refractivity contribution in [3.63, 3.8) is 0 Å². The number of nitrogens with one attached hydrogen (secondary N) is 2. The van der Waals surface area contributed by atoms with Crippen LogP contribution in [0.3, 0.4) is 0 Å². The van der Waals surface area contributed by atoms with Gasteiger partial charge in [-0.1, -0.05) is 24.3 Å². The number of sulfonamides is 1.